The monoisotopic (exact) mass is 1090 g/mol. The van der Waals surface area contributed by atoms with Gasteiger partial charge in [0.2, 0.25) is 0 Å². The average molecular weight is 1090 g/mol. The van der Waals surface area contributed by atoms with Gasteiger partial charge in [-0.3, -0.25) is 14.4 Å². The van der Waals surface area contributed by atoms with Crippen molar-refractivity contribution in [2.45, 2.75) is 284 Å². The third-order valence-electron chi connectivity index (χ3n) is 13.3. The number of esters is 3. The maximum Gasteiger partial charge on any atom is 0.306 e. The topological polar surface area (TPSA) is 78.9 Å². The molecule has 6 heteroatoms. The molecule has 0 aromatic heterocycles. The van der Waals surface area contributed by atoms with Crippen LogP contribution in [0.15, 0.2) is 146 Å². The van der Waals surface area contributed by atoms with Gasteiger partial charge in [0, 0.05) is 19.3 Å². The zero-order chi connectivity index (χ0) is 57.1. The molecule has 79 heavy (non-hydrogen) atoms. The van der Waals surface area contributed by atoms with Gasteiger partial charge in [-0.25, -0.2) is 0 Å². The van der Waals surface area contributed by atoms with Gasteiger partial charge in [-0.1, -0.05) is 276 Å². The first kappa shape index (κ1) is 74.3. The van der Waals surface area contributed by atoms with Gasteiger partial charge in [0.15, 0.2) is 6.10 Å². The van der Waals surface area contributed by atoms with Crippen LogP contribution in [0.1, 0.15) is 278 Å². The van der Waals surface area contributed by atoms with E-state index in [-0.39, 0.29) is 31.6 Å². The molecule has 6 nitrogen and oxygen atoms in total. The van der Waals surface area contributed by atoms with E-state index < -0.39 is 12.1 Å². The van der Waals surface area contributed by atoms with Crippen LogP contribution in [-0.4, -0.2) is 37.2 Å². The van der Waals surface area contributed by atoms with Gasteiger partial charge in [-0.15, -0.1) is 0 Å². The molecule has 0 spiro atoms. The summed E-state index contributed by atoms with van der Waals surface area (Å²) in [5.74, 6) is -1.02. The van der Waals surface area contributed by atoms with Gasteiger partial charge in [0.25, 0.3) is 0 Å². The van der Waals surface area contributed by atoms with Crippen molar-refractivity contribution in [2.75, 3.05) is 13.2 Å². The number of ether oxygens (including phenoxy) is 3. The van der Waals surface area contributed by atoms with E-state index in [2.05, 4.69) is 154 Å². The van der Waals surface area contributed by atoms with Crippen molar-refractivity contribution in [2.24, 2.45) is 0 Å². The molecule has 0 saturated carbocycles. The molecule has 1 atom stereocenters. The second kappa shape index (κ2) is 65.8. The predicted molar refractivity (Wildman–Crippen MR) is 343 cm³/mol. The van der Waals surface area contributed by atoms with Crippen molar-refractivity contribution in [1.82, 2.24) is 0 Å². The molecule has 0 amide bonds. The minimum absolute atomic E-state index is 0.120. The molecular weight excluding hydrogens is 973 g/mol. The molecule has 0 rings (SSSR count). The molecule has 0 aliphatic rings. The van der Waals surface area contributed by atoms with Crippen LogP contribution in [0.4, 0.5) is 0 Å². The minimum Gasteiger partial charge on any atom is -0.462 e. The summed E-state index contributed by atoms with van der Waals surface area (Å²) in [6.45, 7) is 6.33. The van der Waals surface area contributed by atoms with Crippen molar-refractivity contribution >= 4 is 17.9 Å². The Balaban J connectivity index is 4.44. The van der Waals surface area contributed by atoms with Crippen LogP contribution in [0.25, 0.3) is 0 Å². The van der Waals surface area contributed by atoms with Crippen LogP contribution < -0.4 is 0 Å². The molecule has 0 N–H and O–H groups in total. The van der Waals surface area contributed by atoms with Crippen molar-refractivity contribution in [1.29, 1.82) is 0 Å². The molecule has 1 unspecified atom stereocenters. The summed E-state index contributed by atoms with van der Waals surface area (Å²) in [6, 6.07) is 0. The van der Waals surface area contributed by atoms with E-state index >= 15 is 0 Å². The van der Waals surface area contributed by atoms with Gasteiger partial charge in [-0.2, -0.15) is 0 Å². The highest BCUT2D eigenvalue weighted by Crippen LogP contribution is 2.15. The van der Waals surface area contributed by atoms with Crippen LogP contribution in [0.5, 0.6) is 0 Å². The lowest BCUT2D eigenvalue weighted by atomic mass is 10.0. The molecule has 0 saturated heterocycles. The number of unbranched alkanes of at least 4 members (excludes halogenated alkanes) is 22. The Kier molecular flexibility index (Phi) is 61.9. The molecule has 446 valence electrons. The SMILES string of the molecule is CC/C=C\C/C=C\C/C=C\C/C=C\C/C=C\C/C=C\CCC(=O)OC(COC(=O)CCCCCCC/C=C\C/C=C\C/C=C\CC)COC(=O)CCCCCCCCCCCCCC/C=C\C/C=C\C/C=C\CCCCCCC. The highest BCUT2D eigenvalue weighted by Gasteiger charge is 2.19. The van der Waals surface area contributed by atoms with E-state index in [4.69, 9.17) is 14.2 Å². The Morgan fingerprint density at radius 2 is 0.519 bits per heavy atom. The largest absolute Gasteiger partial charge is 0.462 e. The number of hydrogen-bond acceptors (Lipinski definition) is 6. The smallest absolute Gasteiger partial charge is 0.306 e. The Morgan fingerprint density at radius 3 is 0.823 bits per heavy atom. The summed E-state index contributed by atoms with van der Waals surface area (Å²) >= 11 is 0. The third-order valence-corrected chi connectivity index (χ3v) is 13.3. The van der Waals surface area contributed by atoms with Crippen molar-refractivity contribution in [3.05, 3.63) is 146 Å². The Morgan fingerprint density at radius 1 is 0.266 bits per heavy atom. The molecule has 0 aromatic carbocycles. The lowest BCUT2D eigenvalue weighted by Crippen LogP contribution is -2.30. The maximum absolute atomic E-state index is 12.9. The average Bonchev–Trinajstić information content (AvgIpc) is 3.45. The summed E-state index contributed by atoms with van der Waals surface area (Å²) in [6.07, 6.45) is 94.4. The maximum atomic E-state index is 12.9. The van der Waals surface area contributed by atoms with Gasteiger partial charge in [0.1, 0.15) is 13.2 Å². The van der Waals surface area contributed by atoms with Gasteiger partial charge >= 0.3 is 17.9 Å². The number of carbonyl (C=O) groups excluding carboxylic acids is 3. The third kappa shape index (κ3) is 64.0. The molecule has 0 bridgehead atoms. The summed E-state index contributed by atoms with van der Waals surface area (Å²) in [7, 11) is 0. The van der Waals surface area contributed by atoms with E-state index in [1.54, 1.807) is 0 Å². The minimum atomic E-state index is -0.834. The highest BCUT2D eigenvalue weighted by molar-refractivity contribution is 5.71. The van der Waals surface area contributed by atoms with Crippen molar-refractivity contribution < 1.29 is 28.6 Å². The Hall–Kier alpha value is -4.71. The molecule has 0 aliphatic carbocycles. The van der Waals surface area contributed by atoms with Crippen molar-refractivity contribution in [3.8, 4) is 0 Å². The normalized spacial score (nSPS) is 13.1. The summed E-state index contributed by atoms with van der Waals surface area (Å²) in [5.41, 5.74) is 0. The number of allylic oxidation sites excluding steroid dienone is 24. The van der Waals surface area contributed by atoms with Crippen LogP contribution in [0.2, 0.25) is 0 Å². The molecular formula is C73H118O6. The second-order valence-electron chi connectivity index (χ2n) is 20.9. The van der Waals surface area contributed by atoms with E-state index in [1.807, 2.05) is 12.2 Å². The van der Waals surface area contributed by atoms with Crippen molar-refractivity contribution in [3.63, 3.8) is 0 Å². The van der Waals surface area contributed by atoms with Gasteiger partial charge < -0.3 is 14.2 Å². The summed E-state index contributed by atoms with van der Waals surface area (Å²) in [4.78, 5) is 38.3. The first-order valence-electron chi connectivity index (χ1n) is 32.3. The van der Waals surface area contributed by atoms with Gasteiger partial charge in [-0.05, 0) is 128 Å². The highest BCUT2D eigenvalue weighted by atomic mass is 16.6. The lowest BCUT2D eigenvalue weighted by Gasteiger charge is -2.18. The van der Waals surface area contributed by atoms with Crippen LogP contribution >= 0.6 is 0 Å². The van der Waals surface area contributed by atoms with E-state index in [0.29, 0.717) is 19.3 Å². The standard InChI is InChI=1S/C73H118O6/c1-4-7-10-13-16-19-22-25-28-30-32-33-34-35-36-37-38-39-41-42-45-48-51-54-57-60-63-66-72(75)78-69-70(68-77-71(74)65-62-59-56-53-50-47-44-27-24-21-18-15-12-9-6-3)79-73(76)67-64-61-58-55-52-49-46-43-40-31-29-26-23-20-17-14-11-8-5-2/h8-9,11-12,17-18,20-22,25-27,29-30,32,34-35,40,43-44,49,52,58,61,70H,4-7,10,13-16,19,23-24,28,31,33,36-39,41-42,45-48,50-51,53-57,59-60,62-69H2,1-3H3/b11-8-,12-9-,20-17-,21-18-,25-22-,29-26-,32-30-,35-34-,43-40-,44-27-,52-49-,61-58-. The molecule has 0 aliphatic heterocycles. The van der Waals surface area contributed by atoms with E-state index in [0.717, 1.165) is 128 Å². The zero-order valence-electron chi connectivity index (χ0n) is 51.1. The molecule has 0 radical (unpaired) electrons. The fourth-order valence-corrected chi connectivity index (χ4v) is 8.55. The van der Waals surface area contributed by atoms with Crippen LogP contribution in [0, 0.1) is 0 Å². The van der Waals surface area contributed by atoms with Crippen LogP contribution in [0.3, 0.4) is 0 Å². The number of carbonyl (C=O) groups is 3. The fraction of sp³-hybridized carbons (Fsp3) is 0.630. The predicted octanol–water partition coefficient (Wildman–Crippen LogP) is 22.3. The molecule has 0 aromatic rings. The lowest BCUT2D eigenvalue weighted by molar-refractivity contribution is -0.166. The van der Waals surface area contributed by atoms with Crippen LogP contribution in [-0.2, 0) is 28.6 Å². The fourth-order valence-electron chi connectivity index (χ4n) is 8.55. The number of hydrogen-bond donors (Lipinski definition) is 0. The Bertz CT molecular complexity index is 1730. The summed E-state index contributed by atoms with van der Waals surface area (Å²) in [5, 5.41) is 0. The summed E-state index contributed by atoms with van der Waals surface area (Å²) < 4.78 is 16.8. The zero-order valence-corrected chi connectivity index (χ0v) is 51.1. The first-order chi connectivity index (χ1) is 39.0. The molecule has 0 heterocycles. The molecule has 0 fully saturated rings. The quantitative estimate of drug-likeness (QED) is 0.0261. The van der Waals surface area contributed by atoms with E-state index in [9.17, 15) is 14.4 Å². The number of rotatable bonds is 57. The van der Waals surface area contributed by atoms with E-state index in [1.165, 1.54) is 103 Å². The van der Waals surface area contributed by atoms with Gasteiger partial charge in [0.05, 0.1) is 0 Å². The second-order valence-corrected chi connectivity index (χ2v) is 20.9. The first-order valence-corrected chi connectivity index (χ1v) is 32.3. The Labute approximate surface area is 487 Å².